The summed E-state index contributed by atoms with van der Waals surface area (Å²) in [5.41, 5.74) is 8.37. The van der Waals surface area contributed by atoms with Crippen LogP contribution in [0.2, 0.25) is 0 Å². The van der Waals surface area contributed by atoms with Gasteiger partial charge in [0.1, 0.15) is 0 Å². The van der Waals surface area contributed by atoms with Crippen molar-refractivity contribution in [2.75, 3.05) is 5.73 Å². The summed E-state index contributed by atoms with van der Waals surface area (Å²) in [5.74, 6) is 1.50. The third-order valence-corrected chi connectivity index (χ3v) is 3.99. The van der Waals surface area contributed by atoms with Crippen molar-refractivity contribution in [3.05, 3.63) is 36.1 Å². The van der Waals surface area contributed by atoms with Gasteiger partial charge in [0.2, 0.25) is 5.82 Å². The van der Waals surface area contributed by atoms with E-state index < -0.39 is 0 Å². The van der Waals surface area contributed by atoms with Gasteiger partial charge in [0.15, 0.2) is 10.9 Å². The van der Waals surface area contributed by atoms with Crippen molar-refractivity contribution in [3.8, 4) is 23.0 Å². The molecule has 0 aliphatic rings. The molecule has 2 N–H and O–H groups in total. The van der Waals surface area contributed by atoms with Gasteiger partial charge in [0.25, 0.3) is 5.89 Å². The van der Waals surface area contributed by atoms with Gasteiger partial charge in [-0.3, -0.25) is 0 Å². The summed E-state index contributed by atoms with van der Waals surface area (Å²) in [6.07, 6.45) is 1.60. The number of benzene rings is 1. The van der Waals surface area contributed by atoms with Crippen molar-refractivity contribution in [1.29, 1.82) is 0 Å². The third kappa shape index (κ3) is 1.98. The van der Waals surface area contributed by atoms with Crippen LogP contribution < -0.4 is 5.73 Å². The van der Waals surface area contributed by atoms with Crippen LogP contribution in [-0.2, 0) is 0 Å². The maximum atomic E-state index is 5.71. The Morgan fingerprint density at radius 2 is 2.10 bits per heavy atom. The van der Waals surface area contributed by atoms with E-state index in [1.165, 1.54) is 11.3 Å². The molecule has 0 unspecified atom stereocenters. The highest BCUT2D eigenvalue weighted by Gasteiger charge is 2.15. The van der Waals surface area contributed by atoms with Crippen LogP contribution in [0.15, 0.2) is 39.5 Å². The minimum Gasteiger partial charge on any atom is -0.461 e. The van der Waals surface area contributed by atoms with E-state index >= 15 is 0 Å². The Balaban J connectivity index is 1.78. The number of aromatic nitrogens is 3. The summed E-state index contributed by atoms with van der Waals surface area (Å²) in [5, 5.41) is 4.51. The van der Waals surface area contributed by atoms with Gasteiger partial charge in [0.05, 0.1) is 16.5 Å². The van der Waals surface area contributed by atoms with Crippen LogP contribution in [0.3, 0.4) is 0 Å². The first-order valence-corrected chi connectivity index (χ1v) is 7.07. The molecule has 0 fully saturated rings. The lowest BCUT2D eigenvalue weighted by Crippen LogP contribution is -1.81. The minimum atomic E-state index is 0.440. The third-order valence-electron chi connectivity index (χ3n) is 3.14. The van der Waals surface area contributed by atoms with Crippen molar-refractivity contribution in [3.63, 3.8) is 0 Å². The lowest BCUT2D eigenvalue weighted by Gasteiger charge is -1.93. The Bertz CT molecular complexity index is 937. The first-order chi connectivity index (χ1) is 10.2. The molecule has 4 rings (SSSR count). The van der Waals surface area contributed by atoms with Crippen LogP contribution in [0, 0.1) is 6.92 Å². The normalized spacial score (nSPS) is 11.3. The van der Waals surface area contributed by atoms with Gasteiger partial charge in [-0.05, 0) is 36.8 Å². The van der Waals surface area contributed by atoms with Crippen molar-refractivity contribution in [2.24, 2.45) is 0 Å². The highest BCUT2D eigenvalue weighted by atomic mass is 32.1. The quantitative estimate of drug-likeness (QED) is 0.609. The predicted octanol–water partition coefficient (Wildman–Crippen LogP) is 3.50. The van der Waals surface area contributed by atoms with Gasteiger partial charge in [-0.2, -0.15) is 4.98 Å². The van der Waals surface area contributed by atoms with E-state index in [4.69, 9.17) is 14.7 Å². The topological polar surface area (TPSA) is 91.0 Å². The molecule has 0 atom stereocenters. The van der Waals surface area contributed by atoms with Crippen LogP contribution in [0.4, 0.5) is 5.13 Å². The second-order valence-corrected chi connectivity index (χ2v) is 5.65. The van der Waals surface area contributed by atoms with Gasteiger partial charge >= 0.3 is 0 Å². The van der Waals surface area contributed by atoms with Crippen LogP contribution in [0.1, 0.15) is 5.56 Å². The first kappa shape index (κ1) is 12.1. The number of rotatable bonds is 2. The molecule has 0 saturated carbocycles. The number of nitrogens with zero attached hydrogens (tertiary/aromatic N) is 3. The molecule has 0 bridgehead atoms. The van der Waals surface area contributed by atoms with E-state index in [1.807, 2.05) is 31.2 Å². The number of aryl methyl sites for hydroxylation is 1. The number of anilines is 1. The number of nitrogen functional groups attached to an aromatic ring is 1. The van der Waals surface area contributed by atoms with E-state index in [2.05, 4.69) is 15.1 Å². The summed E-state index contributed by atoms with van der Waals surface area (Å²) in [7, 11) is 0. The molecule has 0 amide bonds. The molecule has 3 heterocycles. The van der Waals surface area contributed by atoms with Gasteiger partial charge in [0, 0.05) is 5.56 Å². The zero-order valence-electron chi connectivity index (χ0n) is 11.0. The van der Waals surface area contributed by atoms with Crippen molar-refractivity contribution >= 4 is 26.7 Å². The van der Waals surface area contributed by atoms with E-state index in [9.17, 15) is 0 Å². The first-order valence-electron chi connectivity index (χ1n) is 6.25. The average Bonchev–Trinajstić information content (AvgIpc) is 3.15. The molecule has 7 heteroatoms. The number of hydrogen-bond acceptors (Lipinski definition) is 7. The van der Waals surface area contributed by atoms with E-state index in [0.29, 0.717) is 22.6 Å². The fourth-order valence-corrected chi connectivity index (χ4v) is 2.88. The predicted molar refractivity (Wildman–Crippen MR) is 79.8 cm³/mol. The minimum absolute atomic E-state index is 0.440. The molecule has 0 aliphatic carbocycles. The van der Waals surface area contributed by atoms with Crippen LogP contribution in [0.25, 0.3) is 33.3 Å². The van der Waals surface area contributed by atoms with Gasteiger partial charge < -0.3 is 14.7 Å². The molecule has 104 valence electrons. The molecular weight excluding hydrogens is 288 g/mol. The second kappa shape index (κ2) is 4.42. The van der Waals surface area contributed by atoms with Crippen molar-refractivity contribution < 1.29 is 8.94 Å². The zero-order valence-corrected chi connectivity index (χ0v) is 11.8. The molecule has 1 aromatic carbocycles. The summed E-state index contributed by atoms with van der Waals surface area (Å²) in [4.78, 5) is 8.60. The largest absolute Gasteiger partial charge is 0.461 e. The zero-order chi connectivity index (χ0) is 14.4. The SMILES string of the molecule is Cc1ccoc1-c1noc(-c2ccc3nc(N)sc3c2)n1. The summed E-state index contributed by atoms with van der Waals surface area (Å²) in [6, 6.07) is 7.57. The van der Waals surface area contributed by atoms with Crippen LogP contribution in [0.5, 0.6) is 0 Å². The van der Waals surface area contributed by atoms with Gasteiger partial charge in [-0.1, -0.05) is 16.5 Å². The van der Waals surface area contributed by atoms with E-state index in [0.717, 1.165) is 21.3 Å². The Hall–Kier alpha value is -2.67. The monoisotopic (exact) mass is 298 g/mol. The highest BCUT2D eigenvalue weighted by Crippen LogP contribution is 2.30. The number of hydrogen-bond donors (Lipinski definition) is 1. The summed E-state index contributed by atoms with van der Waals surface area (Å²) in [6.45, 7) is 1.93. The Labute approximate surface area is 123 Å². The smallest absolute Gasteiger partial charge is 0.258 e. The molecule has 0 aliphatic heterocycles. The molecule has 0 saturated heterocycles. The van der Waals surface area contributed by atoms with Crippen LogP contribution in [-0.4, -0.2) is 15.1 Å². The van der Waals surface area contributed by atoms with Crippen LogP contribution >= 0.6 is 11.3 Å². The number of fused-ring (bicyclic) bond motifs is 1. The Kier molecular flexibility index (Phi) is 2.55. The molecule has 0 radical (unpaired) electrons. The lowest BCUT2D eigenvalue weighted by molar-refractivity contribution is 0.429. The molecule has 4 aromatic rings. The highest BCUT2D eigenvalue weighted by molar-refractivity contribution is 7.22. The molecule has 21 heavy (non-hydrogen) atoms. The fraction of sp³-hybridized carbons (Fsp3) is 0.0714. The fourth-order valence-electron chi connectivity index (χ4n) is 2.11. The molecular formula is C14H10N4O2S. The number of thiazole rings is 1. The van der Waals surface area contributed by atoms with E-state index in [-0.39, 0.29) is 0 Å². The Morgan fingerprint density at radius 1 is 1.19 bits per heavy atom. The lowest BCUT2D eigenvalue weighted by atomic mass is 10.2. The summed E-state index contributed by atoms with van der Waals surface area (Å²) < 4.78 is 11.7. The van der Waals surface area contributed by atoms with Crippen molar-refractivity contribution in [2.45, 2.75) is 6.92 Å². The Morgan fingerprint density at radius 3 is 2.90 bits per heavy atom. The van der Waals surface area contributed by atoms with Gasteiger partial charge in [-0.25, -0.2) is 4.98 Å². The molecule has 6 nitrogen and oxygen atoms in total. The molecule has 0 spiro atoms. The second-order valence-electron chi connectivity index (χ2n) is 4.59. The molecule has 3 aromatic heterocycles. The van der Waals surface area contributed by atoms with E-state index in [1.54, 1.807) is 6.26 Å². The standard InChI is InChI=1S/C14H10N4O2S/c1-7-4-5-19-11(7)12-17-13(20-18-12)8-2-3-9-10(6-8)21-14(15)16-9/h2-6H,1H3,(H2,15,16). The van der Waals surface area contributed by atoms with Gasteiger partial charge in [-0.15, -0.1) is 0 Å². The number of nitrogens with two attached hydrogens (primary N) is 1. The number of furan rings is 1. The maximum absolute atomic E-state index is 5.71. The summed E-state index contributed by atoms with van der Waals surface area (Å²) >= 11 is 1.43. The van der Waals surface area contributed by atoms with Crippen molar-refractivity contribution in [1.82, 2.24) is 15.1 Å². The average molecular weight is 298 g/mol. The maximum Gasteiger partial charge on any atom is 0.258 e.